The molecular weight excluding hydrogens is 489 g/mol. The van der Waals surface area contributed by atoms with E-state index in [1.165, 1.54) is 5.69 Å². The lowest BCUT2D eigenvalue weighted by molar-refractivity contribution is 0.0377. The molecule has 1 aromatic rings. The number of halogens is 2. The van der Waals surface area contributed by atoms with Crippen LogP contribution in [-0.2, 0) is 4.74 Å². The Hall–Kier alpha value is -0.770. The van der Waals surface area contributed by atoms with Crippen LogP contribution >= 0.6 is 35.6 Å². The fourth-order valence-corrected chi connectivity index (χ4v) is 3.79. The lowest BCUT2D eigenvalue weighted by Crippen LogP contribution is -2.44. The lowest BCUT2D eigenvalue weighted by atomic mass is 10.2. The molecule has 1 atom stereocenters. The number of rotatable bonds is 7. The Morgan fingerprint density at radius 3 is 2.86 bits per heavy atom. The zero-order valence-electron chi connectivity index (χ0n) is 16.7. The summed E-state index contributed by atoms with van der Waals surface area (Å²) < 4.78 is 5.40. The van der Waals surface area contributed by atoms with Gasteiger partial charge in [0.05, 0.1) is 13.2 Å². The van der Waals surface area contributed by atoms with Crippen LogP contribution in [0.15, 0.2) is 29.3 Å². The summed E-state index contributed by atoms with van der Waals surface area (Å²) in [7, 11) is 0. The molecule has 0 bridgehead atoms. The van der Waals surface area contributed by atoms with Gasteiger partial charge in [0.15, 0.2) is 5.96 Å². The summed E-state index contributed by atoms with van der Waals surface area (Å²) in [5, 5.41) is 7.77. The van der Waals surface area contributed by atoms with E-state index in [0.29, 0.717) is 6.04 Å². The summed E-state index contributed by atoms with van der Waals surface area (Å²) in [5.41, 5.74) is 1.19. The third kappa shape index (κ3) is 7.57. The molecule has 3 rings (SSSR count). The Labute approximate surface area is 191 Å². The number of benzene rings is 1. The minimum atomic E-state index is 0. The summed E-state index contributed by atoms with van der Waals surface area (Å²) in [6.07, 6.45) is 2.18. The van der Waals surface area contributed by atoms with E-state index < -0.39 is 0 Å². The molecule has 0 radical (unpaired) electrons. The SMILES string of the molecule is CCNC(=NCCCN1CCOCC1)NC1CCN(c2cccc(Cl)c2)C1.I. The molecule has 2 aliphatic rings. The average molecular weight is 522 g/mol. The first-order chi connectivity index (χ1) is 13.2. The molecular formula is C20H33ClIN5O. The molecule has 2 saturated heterocycles. The van der Waals surface area contributed by atoms with Crippen molar-refractivity contribution in [3.63, 3.8) is 0 Å². The number of hydrogen-bond acceptors (Lipinski definition) is 4. The smallest absolute Gasteiger partial charge is 0.191 e. The molecule has 0 amide bonds. The highest BCUT2D eigenvalue weighted by Crippen LogP contribution is 2.23. The number of morpholine rings is 1. The minimum absolute atomic E-state index is 0. The van der Waals surface area contributed by atoms with Crippen molar-refractivity contribution in [1.82, 2.24) is 15.5 Å². The molecule has 158 valence electrons. The zero-order chi connectivity index (χ0) is 18.9. The van der Waals surface area contributed by atoms with Crippen LogP contribution in [0, 0.1) is 0 Å². The van der Waals surface area contributed by atoms with Crippen molar-refractivity contribution < 1.29 is 4.74 Å². The average Bonchev–Trinajstić information content (AvgIpc) is 3.15. The molecule has 0 saturated carbocycles. The predicted octanol–water partition coefficient (Wildman–Crippen LogP) is 2.81. The lowest BCUT2D eigenvalue weighted by Gasteiger charge is -2.26. The first kappa shape index (κ1) is 23.5. The molecule has 2 aliphatic heterocycles. The highest BCUT2D eigenvalue weighted by Gasteiger charge is 2.23. The highest BCUT2D eigenvalue weighted by molar-refractivity contribution is 14.0. The molecule has 1 aromatic carbocycles. The molecule has 0 aromatic heterocycles. The second-order valence-electron chi connectivity index (χ2n) is 7.12. The largest absolute Gasteiger partial charge is 0.379 e. The van der Waals surface area contributed by atoms with Crippen LogP contribution < -0.4 is 15.5 Å². The van der Waals surface area contributed by atoms with Gasteiger partial charge in [-0.2, -0.15) is 0 Å². The van der Waals surface area contributed by atoms with Crippen LogP contribution in [-0.4, -0.2) is 75.9 Å². The van der Waals surface area contributed by atoms with E-state index in [1.807, 2.05) is 18.2 Å². The van der Waals surface area contributed by atoms with Gasteiger partial charge in [0, 0.05) is 62.6 Å². The first-order valence-electron chi connectivity index (χ1n) is 10.1. The van der Waals surface area contributed by atoms with Crippen molar-refractivity contribution in [3.8, 4) is 0 Å². The third-order valence-electron chi connectivity index (χ3n) is 5.05. The Morgan fingerprint density at radius 1 is 1.29 bits per heavy atom. The number of guanidine groups is 1. The molecule has 8 heteroatoms. The van der Waals surface area contributed by atoms with Crippen molar-refractivity contribution in [2.75, 3.05) is 63.9 Å². The molecule has 2 fully saturated rings. The Morgan fingerprint density at radius 2 is 2.11 bits per heavy atom. The Bertz CT molecular complexity index is 612. The first-order valence-corrected chi connectivity index (χ1v) is 10.5. The topological polar surface area (TPSA) is 52.1 Å². The zero-order valence-corrected chi connectivity index (χ0v) is 19.8. The van der Waals surface area contributed by atoms with Gasteiger partial charge < -0.3 is 20.3 Å². The van der Waals surface area contributed by atoms with Crippen LogP contribution in [0.1, 0.15) is 19.8 Å². The third-order valence-corrected chi connectivity index (χ3v) is 5.29. The summed E-state index contributed by atoms with van der Waals surface area (Å²) >= 11 is 6.13. The molecule has 2 N–H and O–H groups in total. The molecule has 1 unspecified atom stereocenters. The van der Waals surface area contributed by atoms with Crippen LogP contribution in [0.25, 0.3) is 0 Å². The summed E-state index contributed by atoms with van der Waals surface area (Å²) in [5.74, 6) is 0.928. The quantitative estimate of drug-likeness (QED) is 0.250. The van der Waals surface area contributed by atoms with Gasteiger partial charge >= 0.3 is 0 Å². The number of nitrogens with one attached hydrogen (secondary N) is 2. The number of anilines is 1. The van der Waals surface area contributed by atoms with E-state index in [1.54, 1.807) is 0 Å². The molecule has 2 heterocycles. The van der Waals surface area contributed by atoms with Gasteiger partial charge in [0.1, 0.15) is 0 Å². The standard InChI is InChI=1S/C20H32ClN5O.HI/c1-2-22-20(23-8-4-9-25-11-13-27-14-12-25)24-18-7-10-26(16-18)19-6-3-5-17(21)15-19;/h3,5-6,15,18H,2,4,7-14,16H2,1H3,(H2,22,23,24);1H. The summed E-state index contributed by atoms with van der Waals surface area (Å²) in [6, 6.07) is 8.50. The van der Waals surface area contributed by atoms with Gasteiger partial charge in [-0.1, -0.05) is 17.7 Å². The normalized spacial score (nSPS) is 20.7. The van der Waals surface area contributed by atoms with Crippen molar-refractivity contribution in [2.45, 2.75) is 25.8 Å². The van der Waals surface area contributed by atoms with Crippen LogP contribution in [0.5, 0.6) is 0 Å². The predicted molar refractivity (Wildman–Crippen MR) is 128 cm³/mol. The molecule has 6 nitrogen and oxygen atoms in total. The van der Waals surface area contributed by atoms with Crippen molar-refractivity contribution >= 4 is 47.2 Å². The fourth-order valence-electron chi connectivity index (χ4n) is 3.61. The van der Waals surface area contributed by atoms with Crippen molar-refractivity contribution in [2.24, 2.45) is 4.99 Å². The maximum atomic E-state index is 6.13. The van der Waals surface area contributed by atoms with Gasteiger partial charge in [-0.05, 0) is 38.0 Å². The maximum absolute atomic E-state index is 6.13. The van der Waals surface area contributed by atoms with Crippen LogP contribution in [0.2, 0.25) is 5.02 Å². The van der Waals surface area contributed by atoms with Crippen molar-refractivity contribution in [1.29, 1.82) is 0 Å². The van der Waals surface area contributed by atoms with E-state index in [2.05, 4.69) is 33.4 Å². The van der Waals surface area contributed by atoms with E-state index >= 15 is 0 Å². The van der Waals surface area contributed by atoms with E-state index in [0.717, 1.165) is 82.9 Å². The number of aliphatic imine (C=N–C) groups is 1. The fraction of sp³-hybridized carbons (Fsp3) is 0.650. The Kier molecular flexibility index (Phi) is 10.7. The van der Waals surface area contributed by atoms with Crippen molar-refractivity contribution in [3.05, 3.63) is 29.3 Å². The molecule has 0 spiro atoms. The molecule has 28 heavy (non-hydrogen) atoms. The van der Waals surface area contributed by atoms with E-state index in [4.69, 9.17) is 21.3 Å². The van der Waals surface area contributed by atoms with Gasteiger partial charge in [0.2, 0.25) is 0 Å². The number of nitrogens with zero attached hydrogens (tertiary/aromatic N) is 3. The minimum Gasteiger partial charge on any atom is -0.379 e. The molecule has 0 aliphatic carbocycles. The van der Waals surface area contributed by atoms with Crippen LogP contribution in [0.4, 0.5) is 5.69 Å². The summed E-state index contributed by atoms with van der Waals surface area (Å²) in [6.45, 7) is 10.7. The Balaban J connectivity index is 0.00000280. The van der Waals surface area contributed by atoms with Gasteiger partial charge in [-0.15, -0.1) is 24.0 Å². The monoisotopic (exact) mass is 521 g/mol. The summed E-state index contributed by atoms with van der Waals surface area (Å²) in [4.78, 5) is 9.61. The van der Waals surface area contributed by atoms with E-state index in [-0.39, 0.29) is 24.0 Å². The van der Waals surface area contributed by atoms with E-state index in [9.17, 15) is 0 Å². The highest BCUT2D eigenvalue weighted by atomic mass is 127. The van der Waals surface area contributed by atoms with Gasteiger partial charge in [-0.25, -0.2) is 0 Å². The van der Waals surface area contributed by atoms with Gasteiger partial charge in [0.25, 0.3) is 0 Å². The van der Waals surface area contributed by atoms with Gasteiger partial charge in [-0.3, -0.25) is 9.89 Å². The second-order valence-corrected chi connectivity index (χ2v) is 7.56. The number of ether oxygens (including phenoxy) is 1. The maximum Gasteiger partial charge on any atom is 0.191 e. The second kappa shape index (κ2) is 12.7. The number of hydrogen-bond donors (Lipinski definition) is 2. The van der Waals surface area contributed by atoms with Crippen LogP contribution in [0.3, 0.4) is 0 Å².